The second-order valence-corrected chi connectivity index (χ2v) is 4.21. The summed E-state index contributed by atoms with van der Waals surface area (Å²) >= 11 is 0. The van der Waals surface area contributed by atoms with Crippen LogP contribution in [-0.4, -0.2) is 20.4 Å². The van der Waals surface area contributed by atoms with Crippen molar-refractivity contribution in [3.8, 4) is 0 Å². The summed E-state index contributed by atoms with van der Waals surface area (Å²) in [7, 11) is 4.07. The zero-order valence-corrected chi connectivity index (χ0v) is 9.95. The molecule has 0 spiro atoms. The lowest BCUT2D eigenvalue weighted by molar-refractivity contribution is -0.108. The fraction of sp³-hybridized carbons (Fsp3) is 0.462. The van der Waals surface area contributed by atoms with Crippen LogP contribution in [0.15, 0.2) is 18.2 Å². The molecule has 1 unspecified atom stereocenters. The number of carbonyl (C=O) groups is 1. The Hall–Kier alpha value is -1.31. The van der Waals surface area contributed by atoms with Crippen LogP contribution in [-0.2, 0) is 4.79 Å². The van der Waals surface area contributed by atoms with Gasteiger partial charge in [0.25, 0.3) is 0 Å². The van der Waals surface area contributed by atoms with E-state index in [2.05, 4.69) is 36.9 Å². The molecule has 0 fully saturated rings. The number of hydrogen-bond donors (Lipinski definition) is 0. The predicted octanol–water partition coefficient (Wildman–Crippen LogP) is 2.75. The van der Waals surface area contributed by atoms with Crippen molar-refractivity contribution in [2.45, 2.75) is 26.2 Å². The molecule has 0 aliphatic heterocycles. The maximum absolute atomic E-state index is 10.6. The molecule has 15 heavy (non-hydrogen) atoms. The Bertz CT molecular complexity index is 344. The largest absolute Gasteiger partial charge is 0.377 e. The van der Waals surface area contributed by atoms with Gasteiger partial charge in [-0.15, -0.1) is 0 Å². The van der Waals surface area contributed by atoms with E-state index in [1.807, 2.05) is 14.1 Å². The topological polar surface area (TPSA) is 20.3 Å². The smallest absolute Gasteiger partial charge is 0.120 e. The lowest BCUT2D eigenvalue weighted by Crippen LogP contribution is -2.13. The summed E-state index contributed by atoms with van der Waals surface area (Å²) in [6.45, 7) is 4.20. The number of anilines is 1. The summed E-state index contributed by atoms with van der Waals surface area (Å²) < 4.78 is 0. The van der Waals surface area contributed by atoms with Crippen LogP contribution >= 0.6 is 0 Å². The van der Waals surface area contributed by atoms with Crippen LogP contribution in [0.25, 0.3) is 0 Å². The van der Waals surface area contributed by atoms with Crippen molar-refractivity contribution >= 4 is 12.0 Å². The van der Waals surface area contributed by atoms with Crippen molar-refractivity contribution < 1.29 is 4.79 Å². The van der Waals surface area contributed by atoms with Gasteiger partial charge in [0.1, 0.15) is 6.29 Å². The van der Waals surface area contributed by atoms with Gasteiger partial charge in [0.05, 0.1) is 0 Å². The van der Waals surface area contributed by atoms with Crippen molar-refractivity contribution in [3.63, 3.8) is 0 Å². The highest BCUT2D eigenvalue weighted by Crippen LogP contribution is 2.30. The van der Waals surface area contributed by atoms with E-state index in [1.54, 1.807) is 0 Å². The van der Waals surface area contributed by atoms with Crippen molar-refractivity contribution in [3.05, 3.63) is 29.3 Å². The van der Waals surface area contributed by atoms with Gasteiger partial charge in [-0.05, 0) is 30.0 Å². The van der Waals surface area contributed by atoms with Gasteiger partial charge < -0.3 is 9.69 Å². The number of hydrogen-bond acceptors (Lipinski definition) is 2. The van der Waals surface area contributed by atoms with Gasteiger partial charge in [-0.25, -0.2) is 0 Å². The van der Waals surface area contributed by atoms with Crippen LogP contribution < -0.4 is 4.90 Å². The first-order valence-corrected chi connectivity index (χ1v) is 5.28. The summed E-state index contributed by atoms with van der Waals surface area (Å²) in [6.07, 6.45) is 1.59. The minimum Gasteiger partial charge on any atom is -0.377 e. The predicted molar refractivity (Wildman–Crippen MR) is 64.6 cm³/mol. The van der Waals surface area contributed by atoms with E-state index in [9.17, 15) is 4.79 Å². The first-order valence-electron chi connectivity index (χ1n) is 5.28. The minimum absolute atomic E-state index is 0.293. The SMILES string of the molecule is Cc1cccc(N(C)C)c1C(C)CC=O. The molecule has 0 aliphatic rings. The van der Waals surface area contributed by atoms with Crippen molar-refractivity contribution in [1.29, 1.82) is 0 Å². The Morgan fingerprint density at radius 1 is 1.40 bits per heavy atom. The van der Waals surface area contributed by atoms with Crippen molar-refractivity contribution in [2.24, 2.45) is 0 Å². The molecule has 0 heterocycles. The van der Waals surface area contributed by atoms with E-state index in [4.69, 9.17) is 0 Å². The molecule has 0 N–H and O–H groups in total. The van der Waals surface area contributed by atoms with Crippen LogP contribution in [0.1, 0.15) is 30.4 Å². The normalized spacial score (nSPS) is 12.3. The first-order chi connectivity index (χ1) is 7.07. The quantitative estimate of drug-likeness (QED) is 0.704. The number of rotatable bonds is 4. The molecule has 0 aliphatic carbocycles. The average Bonchev–Trinajstić information content (AvgIpc) is 2.17. The fourth-order valence-electron chi connectivity index (χ4n) is 1.96. The minimum atomic E-state index is 0.293. The maximum Gasteiger partial charge on any atom is 0.120 e. The van der Waals surface area contributed by atoms with Crippen LogP contribution in [0.3, 0.4) is 0 Å². The van der Waals surface area contributed by atoms with Gasteiger partial charge in [0.15, 0.2) is 0 Å². The standard InChI is InChI=1S/C13H19NO/c1-10-6-5-7-12(14(3)4)13(10)11(2)8-9-15/h5-7,9,11H,8H2,1-4H3. The summed E-state index contributed by atoms with van der Waals surface area (Å²) in [4.78, 5) is 12.7. The second kappa shape index (κ2) is 4.96. The van der Waals surface area contributed by atoms with Crippen LogP contribution in [0.5, 0.6) is 0 Å². The van der Waals surface area contributed by atoms with Crippen molar-refractivity contribution in [2.75, 3.05) is 19.0 Å². The molecule has 1 rings (SSSR count). The molecular weight excluding hydrogens is 186 g/mol. The molecule has 0 amide bonds. The van der Waals surface area contributed by atoms with Gasteiger partial charge >= 0.3 is 0 Å². The molecule has 2 heteroatoms. The molecule has 0 radical (unpaired) electrons. The number of benzene rings is 1. The number of aryl methyl sites for hydroxylation is 1. The molecule has 2 nitrogen and oxygen atoms in total. The molecule has 1 aromatic rings. The highest BCUT2D eigenvalue weighted by molar-refractivity contribution is 5.60. The molecule has 82 valence electrons. The van der Waals surface area contributed by atoms with Crippen LogP contribution in [0.4, 0.5) is 5.69 Å². The zero-order chi connectivity index (χ0) is 11.4. The van der Waals surface area contributed by atoms with Crippen LogP contribution in [0, 0.1) is 6.92 Å². The highest BCUT2D eigenvalue weighted by Gasteiger charge is 2.13. The number of aldehydes is 1. The van der Waals surface area contributed by atoms with E-state index in [-0.39, 0.29) is 0 Å². The summed E-state index contributed by atoms with van der Waals surface area (Å²) in [6, 6.07) is 6.26. The Morgan fingerprint density at radius 3 is 2.60 bits per heavy atom. The molecule has 0 aromatic heterocycles. The second-order valence-electron chi connectivity index (χ2n) is 4.21. The Kier molecular flexibility index (Phi) is 3.89. The van der Waals surface area contributed by atoms with E-state index < -0.39 is 0 Å². The van der Waals surface area contributed by atoms with Gasteiger partial charge in [-0.3, -0.25) is 0 Å². The third-order valence-corrected chi connectivity index (χ3v) is 2.73. The monoisotopic (exact) mass is 205 g/mol. The Labute approximate surface area is 91.9 Å². The van der Waals surface area contributed by atoms with Crippen LogP contribution in [0.2, 0.25) is 0 Å². The van der Waals surface area contributed by atoms with Crippen molar-refractivity contribution in [1.82, 2.24) is 0 Å². The third-order valence-electron chi connectivity index (χ3n) is 2.73. The summed E-state index contributed by atoms with van der Waals surface area (Å²) in [5, 5.41) is 0. The van der Waals surface area contributed by atoms with Gasteiger partial charge in [0.2, 0.25) is 0 Å². The third kappa shape index (κ3) is 2.58. The van der Waals surface area contributed by atoms with E-state index in [1.165, 1.54) is 16.8 Å². The van der Waals surface area contributed by atoms with Gasteiger partial charge in [-0.1, -0.05) is 19.1 Å². The summed E-state index contributed by atoms with van der Waals surface area (Å²) in [5.74, 6) is 0.293. The maximum atomic E-state index is 10.6. The highest BCUT2D eigenvalue weighted by atomic mass is 16.1. The average molecular weight is 205 g/mol. The molecule has 1 atom stereocenters. The number of nitrogens with zero attached hydrogens (tertiary/aromatic N) is 1. The molecule has 0 bridgehead atoms. The molecular formula is C13H19NO. The molecule has 1 aromatic carbocycles. The van der Waals surface area contributed by atoms with E-state index >= 15 is 0 Å². The van der Waals surface area contributed by atoms with E-state index in [0.29, 0.717) is 12.3 Å². The van der Waals surface area contributed by atoms with E-state index in [0.717, 1.165) is 6.29 Å². The van der Waals surface area contributed by atoms with Gasteiger partial charge in [0, 0.05) is 26.2 Å². The number of carbonyl (C=O) groups excluding carboxylic acids is 1. The first kappa shape index (κ1) is 11.8. The Balaban J connectivity index is 3.17. The lowest BCUT2D eigenvalue weighted by Gasteiger charge is -2.22. The Morgan fingerprint density at radius 2 is 2.07 bits per heavy atom. The summed E-state index contributed by atoms with van der Waals surface area (Å²) in [5.41, 5.74) is 3.76. The fourth-order valence-corrected chi connectivity index (χ4v) is 1.96. The molecule has 0 saturated carbocycles. The zero-order valence-electron chi connectivity index (χ0n) is 9.95. The van der Waals surface area contributed by atoms with Gasteiger partial charge in [-0.2, -0.15) is 0 Å². The molecule has 0 saturated heterocycles. The lowest BCUT2D eigenvalue weighted by atomic mass is 9.92.